The Morgan fingerprint density at radius 3 is 2.19 bits per heavy atom. The molecular weight excluding hydrogens is 264 g/mol. The molecule has 1 aromatic carbocycles. The Bertz CT molecular complexity index is 340. The van der Waals surface area contributed by atoms with Gasteiger partial charge in [-0.25, -0.2) is 0 Å². The summed E-state index contributed by atoms with van der Waals surface area (Å²) in [6, 6.07) is 4.64. The summed E-state index contributed by atoms with van der Waals surface area (Å²) in [4.78, 5) is 0. The molecule has 3 N–H and O–H groups in total. The smallest absolute Gasteiger partial charge is 0.0485 e. The molecule has 0 saturated carbocycles. The quantitative estimate of drug-likeness (QED) is 0.655. The van der Waals surface area contributed by atoms with Gasteiger partial charge >= 0.3 is 0 Å². The minimum absolute atomic E-state index is 0.232. The molecule has 2 atom stereocenters. The van der Waals surface area contributed by atoms with E-state index in [1.165, 1.54) is 21.2 Å². The van der Waals surface area contributed by atoms with Crippen molar-refractivity contribution in [1.82, 2.24) is 5.43 Å². The molecule has 0 aliphatic carbocycles. The summed E-state index contributed by atoms with van der Waals surface area (Å²) in [7, 11) is 0. The van der Waals surface area contributed by atoms with Crippen LogP contribution in [0.25, 0.3) is 0 Å². The maximum absolute atomic E-state index is 5.66. The molecule has 1 rings (SSSR count). The summed E-state index contributed by atoms with van der Waals surface area (Å²) in [5.74, 6) is 6.19. The van der Waals surface area contributed by atoms with Crippen LogP contribution in [0.3, 0.4) is 0 Å². The predicted molar refractivity (Wildman–Crippen MR) is 73.1 cm³/mol. The minimum atomic E-state index is 0.232. The number of hydrazine groups is 1. The van der Waals surface area contributed by atoms with Crippen molar-refractivity contribution < 1.29 is 0 Å². The van der Waals surface area contributed by atoms with Crippen LogP contribution in [0, 0.1) is 19.8 Å². The molecule has 0 radical (unpaired) electrons. The molecule has 0 bridgehead atoms. The number of rotatable bonds is 4. The number of aryl methyl sites for hydroxylation is 2. The molecule has 0 aromatic heterocycles. The molecule has 0 fully saturated rings. The van der Waals surface area contributed by atoms with Crippen molar-refractivity contribution in [2.24, 2.45) is 11.8 Å². The molecule has 0 saturated heterocycles. The second-order valence-electron chi connectivity index (χ2n) is 4.50. The second kappa shape index (κ2) is 5.80. The SMILES string of the molecule is CCC(C)C(NN)c1cc(C)c(Br)c(C)c1. The van der Waals surface area contributed by atoms with Gasteiger partial charge in [-0.3, -0.25) is 11.3 Å². The van der Waals surface area contributed by atoms with Crippen molar-refractivity contribution in [3.05, 3.63) is 33.3 Å². The zero-order chi connectivity index (χ0) is 12.3. The van der Waals surface area contributed by atoms with Crippen molar-refractivity contribution in [3.8, 4) is 0 Å². The predicted octanol–water partition coefficient (Wildman–Crippen LogP) is 3.62. The number of benzene rings is 1. The molecule has 16 heavy (non-hydrogen) atoms. The zero-order valence-corrected chi connectivity index (χ0v) is 12.1. The topological polar surface area (TPSA) is 38.0 Å². The normalized spacial score (nSPS) is 14.9. The summed E-state index contributed by atoms with van der Waals surface area (Å²) in [5, 5.41) is 0. The summed E-state index contributed by atoms with van der Waals surface area (Å²) in [6.07, 6.45) is 1.11. The lowest BCUT2D eigenvalue weighted by atomic mass is 9.91. The van der Waals surface area contributed by atoms with Crippen molar-refractivity contribution in [2.45, 2.75) is 40.2 Å². The van der Waals surface area contributed by atoms with Crippen LogP contribution in [0.2, 0.25) is 0 Å². The monoisotopic (exact) mass is 284 g/mol. The van der Waals surface area contributed by atoms with E-state index in [1.54, 1.807) is 0 Å². The maximum Gasteiger partial charge on any atom is 0.0485 e. The lowest BCUT2D eigenvalue weighted by Crippen LogP contribution is -2.32. The highest BCUT2D eigenvalue weighted by Gasteiger charge is 2.17. The largest absolute Gasteiger partial charge is 0.271 e. The number of hydrogen-bond acceptors (Lipinski definition) is 2. The highest BCUT2D eigenvalue weighted by Crippen LogP contribution is 2.29. The Morgan fingerprint density at radius 1 is 1.31 bits per heavy atom. The summed E-state index contributed by atoms with van der Waals surface area (Å²) in [6.45, 7) is 8.64. The van der Waals surface area contributed by atoms with Gasteiger partial charge in [0.25, 0.3) is 0 Å². The summed E-state index contributed by atoms with van der Waals surface area (Å²) >= 11 is 3.59. The first-order chi connectivity index (χ1) is 7.51. The van der Waals surface area contributed by atoms with Crippen molar-refractivity contribution in [1.29, 1.82) is 0 Å². The van der Waals surface area contributed by atoms with E-state index in [-0.39, 0.29) is 6.04 Å². The van der Waals surface area contributed by atoms with E-state index in [4.69, 9.17) is 5.84 Å². The van der Waals surface area contributed by atoms with Crippen molar-refractivity contribution >= 4 is 15.9 Å². The highest BCUT2D eigenvalue weighted by molar-refractivity contribution is 9.10. The Kier molecular flexibility index (Phi) is 4.96. The average Bonchev–Trinajstić information content (AvgIpc) is 2.26. The van der Waals surface area contributed by atoms with Gasteiger partial charge in [0.15, 0.2) is 0 Å². The highest BCUT2D eigenvalue weighted by atomic mass is 79.9. The average molecular weight is 285 g/mol. The van der Waals surface area contributed by atoms with E-state index >= 15 is 0 Å². The van der Waals surface area contributed by atoms with Gasteiger partial charge in [0, 0.05) is 10.5 Å². The van der Waals surface area contributed by atoms with Gasteiger partial charge in [-0.1, -0.05) is 48.3 Å². The van der Waals surface area contributed by atoms with E-state index in [0.29, 0.717) is 5.92 Å². The van der Waals surface area contributed by atoms with Gasteiger partial charge in [0.2, 0.25) is 0 Å². The minimum Gasteiger partial charge on any atom is -0.271 e. The second-order valence-corrected chi connectivity index (χ2v) is 5.29. The van der Waals surface area contributed by atoms with Gasteiger partial charge < -0.3 is 0 Å². The van der Waals surface area contributed by atoms with Crippen LogP contribution < -0.4 is 11.3 Å². The van der Waals surface area contributed by atoms with Crippen molar-refractivity contribution in [3.63, 3.8) is 0 Å². The van der Waals surface area contributed by atoms with Crippen molar-refractivity contribution in [2.75, 3.05) is 0 Å². The molecule has 0 amide bonds. The molecule has 0 aliphatic heterocycles. The van der Waals surface area contributed by atoms with Crippen LogP contribution >= 0.6 is 15.9 Å². The van der Waals surface area contributed by atoms with E-state index in [0.717, 1.165) is 6.42 Å². The lowest BCUT2D eigenvalue weighted by Gasteiger charge is -2.23. The molecule has 2 nitrogen and oxygen atoms in total. The number of hydrogen-bond donors (Lipinski definition) is 2. The number of nitrogens with two attached hydrogens (primary N) is 1. The Balaban J connectivity index is 3.11. The van der Waals surface area contributed by atoms with E-state index in [1.807, 2.05) is 0 Å². The fourth-order valence-electron chi connectivity index (χ4n) is 1.98. The fraction of sp³-hybridized carbons (Fsp3) is 0.538. The van der Waals surface area contributed by atoms with Gasteiger partial charge in [-0.15, -0.1) is 0 Å². The molecular formula is C13H21BrN2. The molecule has 0 heterocycles. The zero-order valence-electron chi connectivity index (χ0n) is 10.5. The van der Waals surface area contributed by atoms with E-state index < -0.39 is 0 Å². The van der Waals surface area contributed by atoms with Gasteiger partial charge in [0.1, 0.15) is 0 Å². The number of nitrogens with one attached hydrogen (secondary N) is 1. The van der Waals surface area contributed by atoms with Crippen LogP contribution in [0.1, 0.15) is 43.0 Å². The van der Waals surface area contributed by atoms with E-state index in [9.17, 15) is 0 Å². The Hall–Kier alpha value is -0.380. The third kappa shape index (κ3) is 2.84. The van der Waals surface area contributed by atoms with Gasteiger partial charge in [0.05, 0.1) is 0 Å². The van der Waals surface area contributed by atoms with Gasteiger partial charge in [-0.05, 0) is 36.5 Å². The molecule has 2 unspecified atom stereocenters. The van der Waals surface area contributed by atoms with Crippen LogP contribution in [0.5, 0.6) is 0 Å². The fourth-order valence-corrected chi connectivity index (χ4v) is 2.21. The first-order valence-electron chi connectivity index (χ1n) is 5.74. The molecule has 90 valence electrons. The third-order valence-electron chi connectivity index (χ3n) is 3.21. The van der Waals surface area contributed by atoms with Crippen LogP contribution in [0.4, 0.5) is 0 Å². The van der Waals surface area contributed by atoms with Gasteiger partial charge in [-0.2, -0.15) is 0 Å². The summed E-state index contributed by atoms with van der Waals surface area (Å²) in [5.41, 5.74) is 6.73. The van der Waals surface area contributed by atoms with Crippen LogP contribution in [-0.4, -0.2) is 0 Å². The first kappa shape index (κ1) is 13.7. The summed E-state index contributed by atoms with van der Waals surface area (Å²) < 4.78 is 1.19. The molecule has 0 aliphatic rings. The number of halogens is 1. The lowest BCUT2D eigenvalue weighted by molar-refractivity contribution is 0.382. The Morgan fingerprint density at radius 2 is 1.81 bits per heavy atom. The molecule has 1 aromatic rings. The maximum atomic E-state index is 5.66. The first-order valence-corrected chi connectivity index (χ1v) is 6.53. The Labute approximate surface area is 107 Å². The standard InChI is InChI=1S/C13H21BrN2/c1-5-8(2)13(16-15)11-6-9(3)12(14)10(4)7-11/h6-8,13,16H,5,15H2,1-4H3. The molecule has 0 spiro atoms. The van der Waals surface area contributed by atoms with Crippen LogP contribution in [0.15, 0.2) is 16.6 Å². The third-order valence-corrected chi connectivity index (χ3v) is 4.46. The molecule has 3 heteroatoms. The van der Waals surface area contributed by atoms with Crippen LogP contribution in [-0.2, 0) is 0 Å². The van der Waals surface area contributed by atoms with E-state index in [2.05, 4.69) is 61.2 Å².